The van der Waals surface area contributed by atoms with E-state index in [9.17, 15) is 19.2 Å². The van der Waals surface area contributed by atoms with Crippen molar-refractivity contribution in [2.24, 2.45) is 0 Å². The van der Waals surface area contributed by atoms with Crippen molar-refractivity contribution in [3.05, 3.63) is 131 Å². The van der Waals surface area contributed by atoms with Crippen LogP contribution in [0, 0.1) is 0 Å². The molecule has 2 atom stereocenters. The molecule has 2 aliphatic heterocycles. The monoisotopic (exact) mass is 612 g/mol. The molecule has 232 valence electrons. The highest BCUT2D eigenvalue weighted by Crippen LogP contribution is 2.43. The Morgan fingerprint density at radius 1 is 0.778 bits per heavy atom. The van der Waals surface area contributed by atoms with Gasteiger partial charge in [0.1, 0.15) is 25.6 Å². The molecule has 11 nitrogen and oxygen atoms in total. The Bertz CT molecular complexity index is 1500. The molecule has 2 fully saturated rings. The molecule has 0 aliphatic carbocycles. The minimum atomic E-state index is -1.06. The molecule has 2 saturated heterocycles. The highest BCUT2D eigenvalue weighted by Gasteiger charge is 2.52. The van der Waals surface area contributed by atoms with E-state index in [4.69, 9.17) is 23.7 Å². The van der Waals surface area contributed by atoms with E-state index in [0.717, 1.165) is 21.6 Å². The number of imide groups is 1. The van der Waals surface area contributed by atoms with E-state index in [-0.39, 0.29) is 32.1 Å². The highest BCUT2D eigenvalue weighted by atomic mass is 16.6. The number of rotatable bonds is 10. The van der Waals surface area contributed by atoms with Gasteiger partial charge >= 0.3 is 24.1 Å². The van der Waals surface area contributed by atoms with Crippen LogP contribution in [-0.2, 0) is 53.1 Å². The summed E-state index contributed by atoms with van der Waals surface area (Å²) in [5.74, 6) is -1.05. The normalized spacial score (nSPS) is 18.3. The second-order valence-electron chi connectivity index (χ2n) is 10.1. The Kier molecular flexibility index (Phi) is 10.1. The predicted octanol–water partition coefficient (Wildman–Crippen LogP) is 5.08. The Labute approximate surface area is 260 Å². The fraction of sp³-hybridized carbons (Fsp3) is 0.235. The van der Waals surface area contributed by atoms with E-state index in [2.05, 4.69) is 0 Å². The summed E-state index contributed by atoms with van der Waals surface area (Å²) < 4.78 is 27.2. The Hall–Kier alpha value is -5.58. The highest BCUT2D eigenvalue weighted by molar-refractivity contribution is 5.88. The number of benzene rings is 3. The van der Waals surface area contributed by atoms with Gasteiger partial charge in [0, 0.05) is 18.2 Å². The molecular weight excluding hydrogens is 580 g/mol. The van der Waals surface area contributed by atoms with Crippen molar-refractivity contribution in [1.82, 2.24) is 9.80 Å². The smallest absolute Gasteiger partial charge is 0.419 e. The number of hydrogen-bond donors (Lipinski definition) is 0. The van der Waals surface area contributed by atoms with Gasteiger partial charge in [-0.2, -0.15) is 0 Å². The molecule has 0 spiro atoms. The summed E-state index contributed by atoms with van der Waals surface area (Å²) >= 11 is 0. The maximum absolute atomic E-state index is 13.4. The first kappa shape index (κ1) is 30.9. The summed E-state index contributed by atoms with van der Waals surface area (Å²) in [7, 11) is 1.26. The first-order chi connectivity index (χ1) is 21.9. The fourth-order valence-electron chi connectivity index (χ4n) is 4.77. The van der Waals surface area contributed by atoms with Crippen LogP contribution in [0.1, 0.15) is 23.1 Å². The lowest BCUT2D eigenvalue weighted by molar-refractivity contribution is -0.150. The third-order valence-corrected chi connectivity index (χ3v) is 7.10. The number of carbonyl (C=O) groups is 4. The summed E-state index contributed by atoms with van der Waals surface area (Å²) in [5, 5.41) is 0. The lowest BCUT2D eigenvalue weighted by Gasteiger charge is -2.39. The quantitative estimate of drug-likeness (QED) is 0.174. The van der Waals surface area contributed by atoms with Crippen LogP contribution in [0.15, 0.2) is 115 Å². The average molecular weight is 613 g/mol. The van der Waals surface area contributed by atoms with Crippen LogP contribution in [0.25, 0.3) is 0 Å². The van der Waals surface area contributed by atoms with Gasteiger partial charge in [-0.15, -0.1) is 0 Å². The molecule has 2 heterocycles. The van der Waals surface area contributed by atoms with Crippen molar-refractivity contribution in [3.8, 4) is 0 Å². The number of methoxy groups -OCH3 is 1. The number of nitrogens with zero attached hydrogens (tertiary/aromatic N) is 2. The summed E-state index contributed by atoms with van der Waals surface area (Å²) in [6.45, 7) is -0.445. The fourth-order valence-corrected chi connectivity index (χ4v) is 4.77. The van der Waals surface area contributed by atoms with Gasteiger partial charge in [0.15, 0.2) is 12.3 Å². The molecule has 0 aromatic heterocycles. The molecule has 0 bridgehead atoms. The van der Waals surface area contributed by atoms with Gasteiger partial charge in [-0.25, -0.2) is 24.1 Å². The number of esters is 2. The van der Waals surface area contributed by atoms with Crippen LogP contribution in [0.5, 0.6) is 0 Å². The molecule has 3 aromatic rings. The summed E-state index contributed by atoms with van der Waals surface area (Å²) in [6.07, 6.45) is 0.639. The maximum atomic E-state index is 13.4. The summed E-state index contributed by atoms with van der Waals surface area (Å²) in [6, 6.07) is 26.1. The van der Waals surface area contributed by atoms with Crippen molar-refractivity contribution in [1.29, 1.82) is 0 Å². The molecule has 5 rings (SSSR count). The lowest BCUT2D eigenvalue weighted by atomic mass is 10.0. The molecule has 0 N–H and O–H groups in total. The zero-order valence-electron chi connectivity index (χ0n) is 24.6. The first-order valence-corrected chi connectivity index (χ1v) is 14.3. The third kappa shape index (κ3) is 7.88. The average Bonchev–Trinajstić information content (AvgIpc) is 3.36. The van der Waals surface area contributed by atoms with Crippen LogP contribution < -0.4 is 0 Å². The van der Waals surface area contributed by atoms with Crippen LogP contribution in [0.3, 0.4) is 0 Å². The molecule has 3 aromatic carbocycles. The van der Waals surface area contributed by atoms with Crippen LogP contribution in [0.4, 0.5) is 9.59 Å². The molecule has 2 aliphatic rings. The van der Waals surface area contributed by atoms with Crippen molar-refractivity contribution in [2.75, 3.05) is 13.7 Å². The lowest BCUT2D eigenvalue weighted by Crippen LogP contribution is -2.49. The van der Waals surface area contributed by atoms with E-state index in [1.54, 1.807) is 53.4 Å². The SMILES string of the molecule is COC(=O)C=C1C[C@H]2OC(=CCN(C(=O)OCc3ccccc3)C(=O)OCc3ccccc3)[C@H](C(=O)OCc3ccccc3)N12. The number of hydrogen-bond acceptors (Lipinski definition) is 10. The van der Waals surface area contributed by atoms with Crippen LogP contribution in [0.2, 0.25) is 0 Å². The van der Waals surface area contributed by atoms with Crippen molar-refractivity contribution in [3.63, 3.8) is 0 Å². The molecule has 0 unspecified atom stereocenters. The zero-order valence-corrected chi connectivity index (χ0v) is 24.6. The summed E-state index contributed by atoms with van der Waals surface area (Å²) in [4.78, 5) is 54.1. The first-order valence-electron chi connectivity index (χ1n) is 14.3. The van der Waals surface area contributed by atoms with Crippen LogP contribution in [-0.4, -0.2) is 59.8 Å². The number of amides is 2. The van der Waals surface area contributed by atoms with E-state index in [0.29, 0.717) is 12.1 Å². The number of carbonyl (C=O) groups excluding carboxylic acids is 4. The van der Waals surface area contributed by atoms with Gasteiger partial charge in [0.2, 0.25) is 0 Å². The molecular formula is C34H32N2O9. The number of ether oxygens (including phenoxy) is 5. The third-order valence-electron chi connectivity index (χ3n) is 7.10. The molecule has 0 saturated carbocycles. The van der Waals surface area contributed by atoms with Crippen molar-refractivity contribution < 1.29 is 42.9 Å². The molecule has 11 heteroatoms. The van der Waals surface area contributed by atoms with Gasteiger partial charge in [0.05, 0.1) is 13.7 Å². The largest absolute Gasteiger partial charge is 0.472 e. The zero-order chi connectivity index (χ0) is 31.6. The van der Waals surface area contributed by atoms with Crippen molar-refractivity contribution in [2.45, 2.75) is 38.5 Å². The van der Waals surface area contributed by atoms with Gasteiger partial charge < -0.3 is 28.6 Å². The number of fused-ring (bicyclic) bond motifs is 1. The maximum Gasteiger partial charge on any atom is 0.419 e. The van der Waals surface area contributed by atoms with E-state index < -0.39 is 36.4 Å². The Morgan fingerprint density at radius 2 is 1.27 bits per heavy atom. The standard InChI is InChI=1S/C34H32N2O9/c1-41-30(37)20-27-19-29-36(27)31(32(38)42-21-24-11-5-2-6-12-24)28(45-29)17-18-35(33(39)43-22-25-13-7-3-8-14-25)34(40)44-23-26-15-9-4-10-16-26/h2-17,20,29,31H,18-19,21-23H2,1H3/t29-,31-/m1/s1. The topological polar surface area (TPSA) is 121 Å². The molecule has 2 amide bonds. The van der Waals surface area contributed by atoms with Gasteiger partial charge in [-0.1, -0.05) is 91.0 Å². The second kappa shape index (κ2) is 14.7. The molecule has 0 radical (unpaired) electrons. The molecule has 45 heavy (non-hydrogen) atoms. The van der Waals surface area contributed by atoms with Gasteiger partial charge in [-0.05, 0) is 22.8 Å². The van der Waals surface area contributed by atoms with E-state index in [1.165, 1.54) is 19.3 Å². The Balaban J connectivity index is 1.35. The minimum Gasteiger partial charge on any atom is -0.472 e. The minimum absolute atomic E-state index is 0.0156. The van der Waals surface area contributed by atoms with Crippen LogP contribution >= 0.6 is 0 Å². The Morgan fingerprint density at radius 3 is 1.76 bits per heavy atom. The summed E-state index contributed by atoms with van der Waals surface area (Å²) in [5.41, 5.74) is 2.78. The van der Waals surface area contributed by atoms with Gasteiger partial charge in [-0.3, -0.25) is 0 Å². The van der Waals surface area contributed by atoms with E-state index >= 15 is 0 Å². The predicted molar refractivity (Wildman–Crippen MR) is 159 cm³/mol. The van der Waals surface area contributed by atoms with Crippen molar-refractivity contribution >= 4 is 24.1 Å². The second-order valence-corrected chi connectivity index (χ2v) is 10.1. The van der Waals surface area contributed by atoms with E-state index in [1.807, 2.05) is 42.5 Å². The van der Waals surface area contributed by atoms with Gasteiger partial charge in [0.25, 0.3) is 0 Å².